The molecule has 0 aliphatic rings. The zero-order valence-corrected chi connectivity index (χ0v) is 13.7. The molecule has 1 N–H and O–H groups in total. The molecule has 3 rings (SSSR count). The summed E-state index contributed by atoms with van der Waals surface area (Å²) in [6.07, 6.45) is 0. The molecule has 1 nitrogen and oxygen atoms in total. The van der Waals surface area contributed by atoms with Crippen LogP contribution in [0.5, 0.6) is 0 Å². The zero-order chi connectivity index (χ0) is 14.5. The molecule has 0 atom stereocenters. The number of benzene rings is 3. The van der Waals surface area contributed by atoms with Crippen LogP contribution in [0.3, 0.4) is 0 Å². The van der Waals surface area contributed by atoms with E-state index in [2.05, 4.69) is 101 Å². The lowest BCUT2D eigenvalue weighted by atomic mass is 10.0. The second-order valence-corrected chi connectivity index (χ2v) is 6.02. The summed E-state index contributed by atoms with van der Waals surface area (Å²) in [6, 6.07) is 27.4. The molecule has 104 valence electrons. The lowest BCUT2D eigenvalue weighted by molar-refractivity contribution is 1.14. The summed E-state index contributed by atoms with van der Waals surface area (Å²) in [7, 11) is 0. The normalized spacial score (nSPS) is 10.3. The van der Waals surface area contributed by atoms with Crippen molar-refractivity contribution in [3.05, 3.63) is 88.0 Å². The standard InChI is InChI=1S/C19H16IN/c20-18-12-6-4-10-16(18)14-21-19-13-7-5-11-17(19)15-8-2-1-3-9-15/h1-13,21H,14H2. The van der Waals surface area contributed by atoms with Crippen LogP contribution >= 0.6 is 22.6 Å². The summed E-state index contributed by atoms with van der Waals surface area (Å²) < 4.78 is 1.29. The monoisotopic (exact) mass is 385 g/mol. The van der Waals surface area contributed by atoms with E-state index in [-0.39, 0.29) is 0 Å². The molecule has 0 saturated carbocycles. The maximum absolute atomic E-state index is 3.56. The van der Waals surface area contributed by atoms with Crippen molar-refractivity contribution >= 4 is 28.3 Å². The molecular weight excluding hydrogens is 369 g/mol. The van der Waals surface area contributed by atoms with Crippen LogP contribution in [0.2, 0.25) is 0 Å². The van der Waals surface area contributed by atoms with Crippen LogP contribution in [-0.2, 0) is 6.54 Å². The maximum Gasteiger partial charge on any atom is 0.0422 e. The predicted molar refractivity (Wildman–Crippen MR) is 98.4 cm³/mol. The van der Waals surface area contributed by atoms with Gasteiger partial charge in [0.1, 0.15) is 0 Å². The van der Waals surface area contributed by atoms with Gasteiger partial charge in [-0.25, -0.2) is 0 Å². The lowest BCUT2D eigenvalue weighted by Crippen LogP contribution is -2.02. The van der Waals surface area contributed by atoms with Crippen molar-refractivity contribution in [2.45, 2.75) is 6.54 Å². The van der Waals surface area contributed by atoms with Crippen LogP contribution in [-0.4, -0.2) is 0 Å². The molecular formula is C19H16IN. The van der Waals surface area contributed by atoms with Crippen molar-refractivity contribution < 1.29 is 0 Å². The largest absolute Gasteiger partial charge is 0.380 e. The Hall–Kier alpha value is -1.81. The summed E-state index contributed by atoms with van der Waals surface area (Å²) in [5.41, 5.74) is 4.97. The van der Waals surface area contributed by atoms with Gasteiger partial charge in [0.25, 0.3) is 0 Å². The number of anilines is 1. The Labute approximate surface area is 139 Å². The Morgan fingerprint density at radius 1 is 0.714 bits per heavy atom. The molecule has 0 heterocycles. The molecule has 21 heavy (non-hydrogen) atoms. The van der Waals surface area contributed by atoms with Gasteiger partial charge in [0.15, 0.2) is 0 Å². The van der Waals surface area contributed by atoms with Crippen molar-refractivity contribution in [1.29, 1.82) is 0 Å². The van der Waals surface area contributed by atoms with E-state index in [1.807, 2.05) is 6.07 Å². The average molecular weight is 385 g/mol. The van der Waals surface area contributed by atoms with E-state index in [0.717, 1.165) is 6.54 Å². The minimum Gasteiger partial charge on any atom is -0.380 e. The van der Waals surface area contributed by atoms with Crippen LogP contribution < -0.4 is 5.32 Å². The molecule has 3 aromatic rings. The number of rotatable bonds is 4. The zero-order valence-electron chi connectivity index (χ0n) is 11.6. The van der Waals surface area contributed by atoms with Crippen molar-refractivity contribution in [2.24, 2.45) is 0 Å². The Kier molecular flexibility index (Phi) is 4.55. The third-order valence-corrected chi connectivity index (χ3v) is 4.49. The molecule has 0 spiro atoms. The minimum atomic E-state index is 0.836. The number of hydrogen-bond donors (Lipinski definition) is 1. The summed E-state index contributed by atoms with van der Waals surface area (Å²) in [5, 5.41) is 3.56. The van der Waals surface area contributed by atoms with E-state index in [0.29, 0.717) is 0 Å². The van der Waals surface area contributed by atoms with E-state index < -0.39 is 0 Å². The molecule has 0 fully saturated rings. The van der Waals surface area contributed by atoms with Gasteiger partial charge in [-0.2, -0.15) is 0 Å². The highest BCUT2D eigenvalue weighted by atomic mass is 127. The third-order valence-electron chi connectivity index (χ3n) is 3.44. The number of hydrogen-bond acceptors (Lipinski definition) is 1. The molecule has 2 heteroatoms. The second kappa shape index (κ2) is 6.76. The minimum absolute atomic E-state index is 0.836. The van der Waals surface area contributed by atoms with E-state index in [1.54, 1.807) is 0 Å². The molecule has 3 aromatic carbocycles. The van der Waals surface area contributed by atoms with Crippen LogP contribution in [0.4, 0.5) is 5.69 Å². The molecule has 0 aromatic heterocycles. The van der Waals surface area contributed by atoms with Crippen molar-refractivity contribution in [2.75, 3.05) is 5.32 Å². The van der Waals surface area contributed by atoms with Gasteiger partial charge >= 0.3 is 0 Å². The summed E-state index contributed by atoms with van der Waals surface area (Å²) in [6.45, 7) is 0.836. The van der Waals surface area contributed by atoms with Crippen molar-refractivity contribution in [3.63, 3.8) is 0 Å². The Balaban J connectivity index is 1.85. The van der Waals surface area contributed by atoms with Crippen LogP contribution in [0.1, 0.15) is 5.56 Å². The molecule has 0 aliphatic heterocycles. The summed E-state index contributed by atoms with van der Waals surface area (Å²) >= 11 is 2.38. The van der Waals surface area contributed by atoms with Gasteiger partial charge in [-0.05, 0) is 45.9 Å². The predicted octanol–water partition coefficient (Wildman–Crippen LogP) is 5.57. The van der Waals surface area contributed by atoms with Gasteiger partial charge in [0.2, 0.25) is 0 Å². The first-order chi connectivity index (χ1) is 10.3. The Morgan fingerprint density at radius 3 is 2.19 bits per heavy atom. The maximum atomic E-state index is 3.56. The average Bonchev–Trinajstić information content (AvgIpc) is 2.55. The highest BCUT2D eigenvalue weighted by Gasteiger charge is 2.04. The topological polar surface area (TPSA) is 12.0 Å². The van der Waals surface area contributed by atoms with E-state index in [9.17, 15) is 0 Å². The molecule has 0 amide bonds. The summed E-state index contributed by atoms with van der Waals surface area (Å²) in [5.74, 6) is 0. The van der Waals surface area contributed by atoms with Crippen molar-refractivity contribution in [1.82, 2.24) is 0 Å². The fourth-order valence-corrected chi connectivity index (χ4v) is 2.92. The van der Waals surface area contributed by atoms with Crippen molar-refractivity contribution in [3.8, 4) is 11.1 Å². The van der Waals surface area contributed by atoms with E-state index >= 15 is 0 Å². The van der Waals surface area contributed by atoms with Crippen LogP contribution in [0.25, 0.3) is 11.1 Å². The van der Waals surface area contributed by atoms with Gasteiger partial charge in [0.05, 0.1) is 0 Å². The first-order valence-electron chi connectivity index (χ1n) is 6.96. The van der Waals surface area contributed by atoms with Gasteiger partial charge in [-0.3, -0.25) is 0 Å². The van der Waals surface area contributed by atoms with Gasteiger partial charge in [-0.1, -0.05) is 66.7 Å². The van der Waals surface area contributed by atoms with Crippen LogP contribution in [0, 0.1) is 3.57 Å². The highest BCUT2D eigenvalue weighted by molar-refractivity contribution is 14.1. The fraction of sp³-hybridized carbons (Fsp3) is 0.0526. The quantitative estimate of drug-likeness (QED) is 0.579. The number of halogens is 1. The smallest absolute Gasteiger partial charge is 0.0422 e. The van der Waals surface area contributed by atoms with Gasteiger partial charge in [-0.15, -0.1) is 0 Å². The Morgan fingerprint density at radius 2 is 1.38 bits per heavy atom. The molecule has 0 bridgehead atoms. The van der Waals surface area contributed by atoms with E-state index in [4.69, 9.17) is 0 Å². The molecule has 0 radical (unpaired) electrons. The Bertz CT molecular complexity index is 722. The summed E-state index contributed by atoms with van der Waals surface area (Å²) in [4.78, 5) is 0. The second-order valence-electron chi connectivity index (χ2n) is 4.86. The van der Waals surface area contributed by atoms with E-state index in [1.165, 1.54) is 25.9 Å². The van der Waals surface area contributed by atoms with Gasteiger partial charge < -0.3 is 5.32 Å². The molecule has 0 unspecified atom stereocenters. The molecule has 0 saturated heterocycles. The number of nitrogens with one attached hydrogen (secondary N) is 1. The molecule has 0 aliphatic carbocycles. The lowest BCUT2D eigenvalue weighted by Gasteiger charge is -2.13. The highest BCUT2D eigenvalue weighted by Crippen LogP contribution is 2.28. The fourth-order valence-electron chi connectivity index (χ4n) is 2.34. The SMILES string of the molecule is Ic1ccccc1CNc1ccccc1-c1ccccc1. The number of para-hydroxylation sites is 1. The third kappa shape index (κ3) is 3.45. The van der Waals surface area contributed by atoms with Crippen LogP contribution in [0.15, 0.2) is 78.9 Å². The van der Waals surface area contributed by atoms with Gasteiger partial charge in [0, 0.05) is 21.4 Å². The first-order valence-corrected chi connectivity index (χ1v) is 8.04. The first kappa shape index (κ1) is 14.1.